The van der Waals surface area contributed by atoms with Gasteiger partial charge >= 0.3 is 0 Å². The Morgan fingerprint density at radius 1 is 1.12 bits per heavy atom. The summed E-state index contributed by atoms with van der Waals surface area (Å²) in [7, 11) is 3.24. The summed E-state index contributed by atoms with van der Waals surface area (Å²) in [6.07, 6.45) is 0. The number of rotatable bonds is 8. The van der Waals surface area contributed by atoms with E-state index in [0.29, 0.717) is 5.75 Å². The van der Waals surface area contributed by atoms with Gasteiger partial charge in [-0.1, -0.05) is 29.8 Å². The van der Waals surface area contributed by atoms with Crippen molar-refractivity contribution in [2.45, 2.75) is 25.6 Å². The lowest BCUT2D eigenvalue weighted by Crippen LogP contribution is -2.28. The first kappa shape index (κ1) is 19.2. The Balaban J connectivity index is 1.88. The fraction of sp³-hybridized carbons (Fsp3) is 0.350. The first-order valence-corrected chi connectivity index (χ1v) is 9.33. The van der Waals surface area contributed by atoms with Gasteiger partial charge in [-0.3, -0.25) is 4.79 Å². The molecule has 1 N–H and O–H groups in total. The molecule has 134 valence electrons. The number of thioether (sulfide) groups is 1. The van der Waals surface area contributed by atoms with Crippen LogP contribution >= 0.6 is 11.8 Å². The molecular weight excluding hydrogens is 334 g/mol. The van der Waals surface area contributed by atoms with Gasteiger partial charge in [0.15, 0.2) is 0 Å². The SMILES string of the molecule is COc1ccc(OC)c(C(C)NC(=O)CSCc2ccc(C)cc2)c1. The van der Waals surface area contributed by atoms with Gasteiger partial charge in [0, 0.05) is 11.3 Å². The van der Waals surface area contributed by atoms with Gasteiger partial charge in [-0.15, -0.1) is 11.8 Å². The van der Waals surface area contributed by atoms with Crippen LogP contribution in [0, 0.1) is 6.92 Å². The van der Waals surface area contributed by atoms with Crippen LogP contribution < -0.4 is 14.8 Å². The lowest BCUT2D eigenvalue weighted by molar-refractivity contribution is -0.119. The molecule has 2 rings (SSSR count). The predicted molar refractivity (Wildman–Crippen MR) is 103 cm³/mol. The molecule has 4 nitrogen and oxygen atoms in total. The van der Waals surface area contributed by atoms with E-state index in [4.69, 9.17) is 9.47 Å². The van der Waals surface area contributed by atoms with E-state index in [0.717, 1.165) is 22.8 Å². The third-order valence-corrected chi connectivity index (χ3v) is 4.91. The normalized spacial score (nSPS) is 11.7. The molecule has 0 saturated carbocycles. The maximum atomic E-state index is 12.2. The minimum atomic E-state index is -0.155. The maximum absolute atomic E-state index is 12.2. The van der Waals surface area contributed by atoms with Gasteiger partial charge in [0.1, 0.15) is 11.5 Å². The molecule has 0 fully saturated rings. The van der Waals surface area contributed by atoms with Crippen LogP contribution in [0.25, 0.3) is 0 Å². The van der Waals surface area contributed by atoms with Crippen LogP contribution in [0.3, 0.4) is 0 Å². The standard InChI is InChI=1S/C20H25NO3S/c1-14-5-7-16(8-6-14)12-25-13-20(22)21-15(2)18-11-17(23-3)9-10-19(18)24-4/h5-11,15H,12-13H2,1-4H3,(H,21,22). The minimum absolute atomic E-state index is 0.00878. The molecule has 2 aromatic carbocycles. The van der Waals surface area contributed by atoms with Crippen molar-refractivity contribution in [1.82, 2.24) is 5.32 Å². The molecule has 0 bridgehead atoms. The Labute approximate surface area is 153 Å². The molecule has 1 unspecified atom stereocenters. The largest absolute Gasteiger partial charge is 0.497 e. The summed E-state index contributed by atoms with van der Waals surface area (Å²) < 4.78 is 10.6. The molecule has 5 heteroatoms. The van der Waals surface area contributed by atoms with Crippen molar-refractivity contribution in [1.29, 1.82) is 0 Å². The predicted octanol–water partition coefficient (Wildman–Crippen LogP) is 4.12. The average Bonchev–Trinajstić information content (AvgIpc) is 2.62. The molecule has 0 aliphatic heterocycles. The molecule has 2 aromatic rings. The zero-order valence-corrected chi connectivity index (χ0v) is 16.0. The summed E-state index contributed by atoms with van der Waals surface area (Å²) in [5.74, 6) is 2.73. The van der Waals surface area contributed by atoms with E-state index in [1.54, 1.807) is 26.0 Å². The van der Waals surface area contributed by atoms with Crippen LogP contribution in [0.1, 0.15) is 29.7 Å². The summed E-state index contributed by atoms with van der Waals surface area (Å²) in [5.41, 5.74) is 3.37. The number of aryl methyl sites for hydroxylation is 1. The van der Waals surface area contributed by atoms with Crippen molar-refractivity contribution in [3.8, 4) is 11.5 Å². The number of ether oxygens (including phenoxy) is 2. The molecule has 1 amide bonds. The van der Waals surface area contributed by atoms with Gasteiger partial charge in [-0.25, -0.2) is 0 Å². The van der Waals surface area contributed by atoms with Gasteiger partial charge in [0.25, 0.3) is 0 Å². The molecule has 0 aromatic heterocycles. The second-order valence-corrected chi connectivity index (χ2v) is 6.86. The lowest BCUT2D eigenvalue weighted by Gasteiger charge is -2.18. The maximum Gasteiger partial charge on any atom is 0.230 e. The number of carbonyl (C=O) groups excluding carboxylic acids is 1. The van der Waals surface area contributed by atoms with E-state index in [-0.39, 0.29) is 11.9 Å². The van der Waals surface area contributed by atoms with E-state index in [1.165, 1.54) is 11.1 Å². The Hall–Kier alpha value is -2.14. The molecule has 0 radical (unpaired) electrons. The number of hydrogen-bond acceptors (Lipinski definition) is 4. The second-order valence-electron chi connectivity index (χ2n) is 5.88. The van der Waals surface area contributed by atoms with Gasteiger partial charge < -0.3 is 14.8 Å². The van der Waals surface area contributed by atoms with Crippen LogP contribution in [0.2, 0.25) is 0 Å². The molecule has 0 spiro atoms. The van der Waals surface area contributed by atoms with Gasteiger partial charge in [0.05, 0.1) is 26.0 Å². The highest BCUT2D eigenvalue weighted by Gasteiger charge is 2.15. The van der Waals surface area contributed by atoms with Crippen molar-refractivity contribution in [3.05, 3.63) is 59.2 Å². The molecule has 1 atom stereocenters. The summed E-state index contributed by atoms with van der Waals surface area (Å²) in [4.78, 5) is 12.2. The van der Waals surface area contributed by atoms with E-state index in [2.05, 4.69) is 36.5 Å². The average molecular weight is 359 g/mol. The highest BCUT2D eigenvalue weighted by atomic mass is 32.2. The number of methoxy groups -OCH3 is 2. The Morgan fingerprint density at radius 3 is 2.48 bits per heavy atom. The van der Waals surface area contributed by atoms with Crippen molar-refractivity contribution in [3.63, 3.8) is 0 Å². The van der Waals surface area contributed by atoms with Crippen LogP contribution in [0.5, 0.6) is 11.5 Å². The second kappa shape index (κ2) is 9.37. The van der Waals surface area contributed by atoms with Crippen LogP contribution in [0.15, 0.2) is 42.5 Å². The van der Waals surface area contributed by atoms with Gasteiger partial charge in [-0.05, 0) is 37.6 Å². The zero-order valence-electron chi connectivity index (χ0n) is 15.2. The Bertz CT molecular complexity index is 701. The minimum Gasteiger partial charge on any atom is -0.497 e. The van der Waals surface area contributed by atoms with E-state index in [9.17, 15) is 4.79 Å². The molecule has 25 heavy (non-hydrogen) atoms. The van der Waals surface area contributed by atoms with E-state index >= 15 is 0 Å². The van der Waals surface area contributed by atoms with Crippen molar-refractivity contribution in [2.24, 2.45) is 0 Å². The first-order valence-electron chi connectivity index (χ1n) is 8.18. The van der Waals surface area contributed by atoms with E-state index < -0.39 is 0 Å². The summed E-state index contributed by atoms with van der Waals surface area (Å²) in [5, 5.41) is 3.02. The number of hydrogen-bond donors (Lipinski definition) is 1. The van der Waals surface area contributed by atoms with Crippen molar-refractivity contribution >= 4 is 17.7 Å². The monoisotopic (exact) mass is 359 g/mol. The molecule has 0 aliphatic carbocycles. The van der Waals surface area contributed by atoms with Crippen LogP contribution in [-0.2, 0) is 10.5 Å². The van der Waals surface area contributed by atoms with E-state index in [1.807, 2.05) is 25.1 Å². The first-order chi connectivity index (χ1) is 12.0. The summed E-state index contributed by atoms with van der Waals surface area (Å²) in [6.45, 7) is 4.01. The quantitative estimate of drug-likeness (QED) is 0.770. The highest BCUT2D eigenvalue weighted by molar-refractivity contribution is 7.99. The molecular formula is C20H25NO3S. The fourth-order valence-corrected chi connectivity index (χ4v) is 3.28. The fourth-order valence-electron chi connectivity index (χ4n) is 2.48. The zero-order chi connectivity index (χ0) is 18.2. The van der Waals surface area contributed by atoms with Gasteiger partial charge in [-0.2, -0.15) is 0 Å². The third kappa shape index (κ3) is 5.71. The van der Waals surface area contributed by atoms with Crippen LogP contribution in [-0.4, -0.2) is 25.9 Å². The molecule has 0 aliphatic rings. The topological polar surface area (TPSA) is 47.6 Å². The van der Waals surface area contributed by atoms with Gasteiger partial charge in [0.2, 0.25) is 5.91 Å². The molecule has 0 saturated heterocycles. The van der Waals surface area contributed by atoms with Crippen molar-refractivity contribution in [2.75, 3.05) is 20.0 Å². The highest BCUT2D eigenvalue weighted by Crippen LogP contribution is 2.29. The molecule has 0 heterocycles. The smallest absolute Gasteiger partial charge is 0.230 e. The number of benzene rings is 2. The number of nitrogens with one attached hydrogen (secondary N) is 1. The third-order valence-electron chi connectivity index (χ3n) is 3.90. The lowest BCUT2D eigenvalue weighted by atomic mass is 10.1. The Morgan fingerprint density at radius 2 is 1.84 bits per heavy atom. The summed E-state index contributed by atoms with van der Waals surface area (Å²) in [6, 6.07) is 13.8. The number of amides is 1. The summed E-state index contributed by atoms with van der Waals surface area (Å²) >= 11 is 1.61. The number of carbonyl (C=O) groups is 1. The Kier molecular flexibility index (Phi) is 7.19. The van der Waals surface area contributed by atoms with Crippen molar-refractivity contribution < 1.29 is 14.3 Å². The van der Waals surface area contributed by atoms with Crippen LogP contribution in [0.4, 0.5) is 0 Å².